The third-order valence-corrected chi connectivity index (χ3v) is 2.95. The lowest BCUT2D eigenvalue weighted by Gasteiger charge is -2.22. The van der Waals surface area contributed by atoms with Gasteiger partial charge in [0.2, 0.25) is 0 Å². The van der Waals surface area contributed by atoms with Gasteiger partial charge < -0.3 is 4.74 Å². The van der Waals surface area contributed by atoms with E-state index in [1.807, 2.05) is 6.92 Å². The first-order chi connectivity index (χ1) is 5.43. The maximum atomic E-state index is 5.22. The van der Waals surface area contributed by atoms with Gasteiger partial charge in [-0.25, -0.2) is 0 Å². The van der Waals surface area contributed by atoms with E-state index in [0.717, 1.165) is 13.3 Å². The number of hydrogen-bond acceptors (Lipinski definition) is 3. The van der Waals surface area contributed by atoms with Gasteiger partial charge in [-0.2, -0.15) is 11.8 Å². The summed E-state index contributed by atoms with van der Waals surface area (Å²) in [6, 6.07) is 0.711. The van der Waals surface area contributed by atoms with Crippen LogP contribution in [0.5, 0.6) is 0 Å². The Kier molecular flexibility index (Phi) is 4.99. The molecule has 0 aliphatic carbocycles. The molecule has 1 aliphatic rings. The first kappa shape index (κ1) is 9.36. The predicted molar refractivity (Wildman–Crippen MR) is 50.0 cm³/mol. The second-order valence-corrected chi connectivity index (χ2v) is 3.95. The molecule has 1 aliphatic heterocycles. The Labute approximate surface area is 73.1 Å². The largest absolute Gasteiger partial charge is 0.367 e. The van der Waals surface area contributed by atoms with Crippen LogP contribution in [0, 0.1) is 0 Å². The summed E-state index contributed by atoms with van der Waals surface area (Å²) in [5, 5.41) is 3.39. The normalized spacial score (nSPS) is 20.5. The molecule has 0 aromatic heterocycles. The van der Waals surface area contributed by atoms with Crippen LogP contribution in [0.2, 0.25) is 0 Å². The van der Waals surface area contributed by atoms with Crippen LogP contribution < -0.4 is 5.32 Å². The minimum atomic E-state index is 0.711. The summed E-state index contributed by atoms with van der Waals surface area (Å²) in [6.45, 7) is 3.57. The van der Waals surface area contributed by atoms with Crippen molar-refractivity contribution in [2.45, 2.75) is 25.8 Å². The lowest BCUT2D eigenvalue weighted by atomic mass is 10.2. The molecule has 0 atom stereocenters. The van der Waals surface area contributed by atoms with Gasteiger partial charge in [-0.05, 0) is 31.3 Å². The molecule has 0 aromatic carbocycles. The molecule has 3 heteroatoms. The van der Waals surface area contributed by atoms with E-state index in [2.05, 4.69) is 17.1 Å². The van der Waals surface area contributed by atoms with Crippen LogP contribution in [0.3, 0.4) is 0 Å². The van der Waals surface area contributed by atoms with Gasteiger partial charge in [-0.15, -0.1) is 0 Å². The lowest BCUT2D eigenvalue weighted by molar-refractivity contribution is 0.118. The van der Waals surface area contributed by atoms with Crippen LogP contribution in [0.15, 0.2) is 0 Å². The average Bonchev–Trinajstić information content (AvgIpc) is 2.07. The molecule has 1 rings (SSSR count). The average molecular weight is 175 g/mol. The van der Waals surface area contributed by atoms with Crippen molar-refractivity contribution in [2.24, 2.45) is 0 Å². The van der Waals surface area contributed by atoms with Crippen LogP contribution in [-0.4, -0.2) is 30.9 Å². The first-order valence-corrected chi connectivity index (χ1v) is 5.48. The van der Waals surface area contributed by atoms with E-state index in [9.17, 15) is 0 Å². The Morgan fingerprint density at radius 2 is 2.18 bits per heavy atom. The number of ether oxygens (including phenoxy) is 1. The Morgan fingerprint density at radius 1 is 1.45 bits per heavy atom. The quantitative estimate of drug-likeness (QED) is 0.516. The minimum Gasteiger partial charge on any atom is -0.367 e. The SMILES string of the molecule is CCOCNC1CCSCC1. The molecule has 0 saturated carbocycles. The fourth-order valence-corrected chi connectivity index (χ4v) is 2.29. The van der Waals surface area contributed by atoms with Gasteiger partial charge in [0.15, 0.2) is 0 Å². The highest BCUT2D eigenvalue weighted by atomic mass is 32.2. The maximum absolute atomic E-state index is 5.22. The van der Waals surface area contributed by atoms with Gasteiger partial charge in [-0.3, -0.25) is 5.32 Å². The van der Waals surface area contributed by atoms with Crippen molar-refractivity contribution in [2.75, 3.05) is 24.8 Å². The minimum absolute atomic E-state index is 0.711. The monoisotopic (exact) mass is 175 g/mol. The van der Waals surface area contributed by atoms with E-state index in [4.69, 9.17) is 4.74 Å². The van der Waals surface area contributed by atoms with Crippen LogP contribution in [0.1, 0.15) is 19.8 Å². The topological polar surface area (TPSA) is 21.3 Å². The standard InChI is InChI=1S/C8H17NOS/c1-2-10-7-9-8-3-5-11-6-4-8/h8-9H,2-7H2,1H3. The van der Waals surface area contributed by atoms with Crippen molar-refractivity contribution in [3.63, 3.8) is 0 Å². The smallest absolute Gasteiger partial charge is 0.0967 e. The molecule has 0 amide bonds. The van der Waals surface area contributed by atoms with Crippen LogP contribution >= 0.6 is 11.8 Å². The van der Waals surface area contributed by atoms with Gasteiger partial charge in [0.1, 0.15) is 0 Å². The fourth-order valence-electron chi connectivity index (χ4n) is 1.18. The van der Waals surface area contributed by atoms with Gasteiger partial charge in [0, 0.05) is 12.6 Å². The highest BCUT2D eigenvalue weighted by molar-refractivity contribution is 7.99. The molecule has 0 spiro atoms. The molecule has 1 heterocycles. The summed E-state index contributed by atoms with van der Waals surface area (Å²) in [7, 11) is 0. The molecular formula is C8H17NOS. The Morgan fingerprint density at radius 3 is 2.82 bits per heavy atom. The van der Waals surface area contributed by atoms with E-state index in [-0.39, 0.29) is 0 Å². The van der Waals surface area contributed by atoms with Gasteiger partial charge in [0.05, 0.1) is 6.73 Å². The van der Waals surface area contributed by atoms with Crippen LogP contribution in [0.25, 0.3) is 0 Å². The maximum Gasteiger partial charge on any atom is 0.0967 e. The van der Waals surface area contributed by atoms with Crippen molar-refractivity contribution < 1.29 is 4.74 Å². The highest BCUT2D eigenvalue weighted by Gasteiger charge is 2.11. The molecule has 66 valence electrons. The lowest BCUT2D eigenvalue weighted by Crippen LogP contribution is -2.34. The molecular weight excluding hydrogens is 158 g/mol. The second kappa shape index (κ2) is 5.86. The van der Waals surface area contributed by atoms with Crippen molar-refractivity contribution in [3.8, 4) is 0 Å². The zero-order valence-corrected chi connectivity index (χ0v) is 7.95. The molecule has 2 nitrogen and oxygen atoms in total. The third kappa shape index (κ3) is 3.99. The summed E-state index contributed by atoms with van der Waals surface area (Å²) < 4.78 is 5.22. The van der Waals surface area contributed by atoms with Crippen molar-refractivity contribution in [1.82, 2.24) is 5.32 Å². The number of rotatable bonds is 4. The Hall–Kier alpha value is 0.270. The molecule has 1 saturated heterocycles. The van der Waals surface area contributed by atoms with E-state index in [0.29, 0.717) is 6.04 Å². The summed E-state index contributed by atoms with van der Waals surface area (Å²) in [4.78, 5) is 0. The van der Waals surface area contributed by atoms with Gasteiger partial charge in [0.25, 0.3) is 0 Å². The molecule has 0 bridgehead atoms. The van der Waals surface area contributed by atoms with Crippen LogP contribution in [-0.2, 0) is 4.74 Å². The van der Waals surface area contributed by atoms with Crippen LogP contribution in [0.4, 0.5) is 0 Å². The first-order valence-electron chi connectivity index (χ1n) is 4.32. The van der Waals surface area contributed by atoms with Gasteiger partial charge >= 0.3 is 0 Å². The predicted octanol–water partition coefficient (Wildman–Crippen LogP) is 1.47. The van der Waals surface area contributed by atoms with E-state index >= 15 is 0 Å². The Balaban J connectivity index is 1.96. The fraction of sp³-hybridized carbons (Fsp3) is 1.00. The van der Waals surface area contributed by atoms with Crippen molar-refractivity contribution in [3.05, 3.63) is 0 Å². The summed E-state index contributed by atoms with van der Waals surface area (Å²) >= 11 is 2.06. The second-order valence-electron chi connectivity index (χ2n) is 2.73. The van der Waals surface area contributed by atoms with E-state index in [1.54, 1.807) is 0 Å². The molecule has 1 N–H and O–H groups in total. The zero-order chi connectivity index (χ0) is 7.94. The molecule has 0 radical (unpaired) electrons. The van der Waals surface area contributed by atoms with E-state index in [1.165, 1.54) is 24.3 Å². The summed E-state index contributed by atoms with van der Waals surface area (Å²) in [5.41, 5.74) is 0. The number of thioether (sulfide) groups is 1. The zero-order valence-electron chi connectivity index (χ0n) is 7.14. The Bertz CT molecular complexity index is 94.1. The third-order valence-electron chi connectivity index (χ3n) is 1.90. The van der Waals surface area contributed by atoms with Gasteiger partial charge in [-0.1, -0.05) is 0 Å². The molecule has 11 heavy (non-hydrogen) atoms. The summed E-state index contributed by atoms with van der Waals surface area (Å²) in [5.74, 6) is 2.62. The van der Waals surface area contributed by atoms with Crippen molar-refractivity contribution >= 4 is 11.8 Å². The molecule has 0 aromatic rings. The van der Waals surface area contributed by atoms with E-state index < -0.39 is 0 Å². The molecule has 0 unspecified atom stereocenters. The highest BCUT2D eigenvalue weighted by Crippen LogP contribution is 2.16. The summed E-state index contributed by atoms with van der Waals surface area (Å²) in [6.07, 6.45) is 2.61. The number of hydrogen-bond donors (Lipinski definition) is 1. The van der Waals surface area contributed by atoms with Crippen molar-refractivity contribution in [1.29, 1.82) is 0 Å². The number of nitrogens with one attached hydrogen (secondary N) is 1. The molecule has 1 fully saturated rings.